The summed E-state index contributed by atoms with van der Waals surface area (Å²) in [5, 5.41) is 8.19. The van der Waals surface area contributed by atoms with Crippen LogP contribution in [-0.2, 0) is 13.5 Å². The van der Waals surface area contributed by atoms with Crippen LogP contribution in [0.4, 0.5) is 0 Å². The zero-order valence-corrected chi connectivity index (χ0v) is 12.2. The number of nitrogens with zero attached hydrogens (tertiary/aromatic N) is 2. The molecule has 104 valence electrons. The normalized spacial score (nSPS) is 12.8. The number of hydrogen-bond donors (Lipinski definition) is 1. The maximum Gasteiger partial charge on any atom is 0.197 e. The fraction of sp³-hybridized carbons (Fsp3) is 0.500. The van der Waals surface area contributed by atoms with Crippen LogP contribution in [0.15, 0.2) is 29.0 Å². The first-order chi connectivity index (χ1) is 9.22. The fourth-order valence-electron chi connectivity index (χ4n) is 2.18. The van der Waals surface area contributed by atoms with Gasteiger partial charge in [0.15, 0.2) is 5.22 Å². The number of nitrogens with one attached hydrogen (secondary N) is 1. The van der Waals surface area contributed by atoms with Crippen molar-refractivity contribution in [3.63, 3.8) is 0 Å². The highest BCUT2D eigenvalue weighted by molar-refractivity contribution is 6.29. The summed E-state index contributed by atoms with van der Waals surface area (Å²) in [4.78, 5) is 0. The number of aryl methyl sites for hydroxylation is 2. The van der Waals surface area contributed by atoms with Crippen LogP contribution in [0.3, 0.4) is 0 Å². The first-order valence-electron chi connectivity index (χ1n) is 6.65. The van der Waals surface area contributed by atoms with Gasteiger partial charge >= 0.3 is 0 Å². The molecule has 2 heterocycles. The molecule has 1 unspecified atom stereocenters. The van der Waals surface area contributed by atoms with E-state index >= 15 is 0 Å². The quantitative estimate of drug-likeness (QED) is 0.846. The van der Waals surface area contributed by atoms with Gasteiger partial charge in [-0.05, 0) is 49.5 Å². The first-order valence-corrected chi connectivity index (χ1v) is 7.03. The topological polar surface area (TPSA) is 43.0 Å². The summed E-state index contributed by atoms with van der Waals surface area (Å²) in [6.45, 7) is 3.12. The lowest BCUT2D eigenvalue weighted by Crippen LogP contribution is -2.22. The average molecular weight is 282 g/mol. The Morgan fingerprint density at radius 1 is 1.47 bits per heavy atom. The summed E-state index contributed by atoms with van der Waals surface area (Å²) in [6.07, 6.45) is 6.49. The highest BCUT2D eigenvalue weighted by Gasteiger charge is 2.16. The second-order valence-electron chi connectivity index (χ2n) is 4.64. The third-order valence-electron chi connectivity index (χ3n) is 3.27. The molecule has 0 aromatic carbocycles. The predicted molar refractivity (Wildman–Crippen MR) is 76.3 cm³/mol. The number of hydrogen-bond acceptors (Lipinski definition) is 3. The van der Waals surface area contributed by atoms with E-state index in [1.807, 2.05) is 30.1 Å². The molecule has 0 aliphatic heterocycles. The Balaban J connectivity index is 2.02. The van der Waals surface area contributed by atoms with Crippen LogP contribution in [0.5, 0.6) is 0 Å². The van der Waals surface area contributed by atoms with Crippen molar-refractivity contribution in [1.29, 1.82) is 0 Å². The summed E-state index contributed by atoms with van der Waals surface area (Å²) in [7, 11) is 1.97. The number of furan rings is 1. The highest BCUT2D eigenvalue weighted by Crippen LogP contribution is 2.27. The Morgan fingerprint density at radius 2 is 2.32 bits per heavy atom. The van der Waals surface area contributed by atoms with E-state index in [1.165, 1.54) is 5.69 Å². The van der Waals surface area contributed by atoms with Crippen LogP contribution >= 0.6 is 11.6 Å². The molecule has 5 heteroatoms. The minimum absolute atomic E-state index is 0.223. The second kappa shape index (κ2) is 6.78. The molecule has 2 rings (SSSR count). The summed E-state index contributed by atoms with van der Waals surface area (Å²) in [5.74, 6) is 0. The Morgan fingerprint density at radius 3 is 2.89 bits per heavy atom. The molecule has 4 nitrogen and oxygen atoms in total. The second-order valence-corrected chi connectivity index (χ2v) is 4.98. The molecule has 2 aromatic heterocycles. The Kier molecular flexibility index (Phi) is 5.05. The van der Waals surface area contributed by atoms with Crippen molar-refractivity contribution in [2.24, 2.45) is 7.05 Å². The van der Waals surface area contributed by atoms with Gasteiger partial charge in [0.1, 0.15) is 0 Å². The lowest BCUT2D eigenvalue weighted by atomic mass is 10.0. The number of rotatable bonds is 7. The van der Waals surface area contributed by atoms with Crippen LogP contribution in [0.2, 0.25) is 5.22 Å². The molecular formula is C14H20ClN3O. The van der Waals surface area contributed by atoms with E-state index in [0.29, 0.717) is 5.22 Å². The molecule has 0 fully saturated rings. The van der Waals surface area contributed by atoms with E-state index in [2.05, 4.69) is 17.3 Å². The van der Waals surface area contributed by atoms with Crippen LogP contribution < -0.4 is 5.32 Å². The van der Waals surface area contributed by atoms with Gasteiger partial charge in [-0.15, -0.1) is 0 Å². The molecule has 0 aliphatic carbocycles. The Bertz CT molecular complexity index is 506. The van der Waals surface area contributed by atoms with E-state index in [0.717, 1.165) is 31.4 Å². The van der Waals surface area contributed by atoms with E-state index < -0.39 is 0 Å². The Labute approximate surface area is 118 Å². The van der Waals surface area contributed by atoms with Crippen molar-refractivity contribution in [2.45, 2.75) is 32.2 Å². The summed E-state index contributed by atoms with van der Waals surface area (Å²) in [5.41, 5.74) is 2.26. The largest absolute Gasteiger partial charge is 0.453 e. The molecule has 0 saturated heterocycles. The standard InChI is InChI=1S/C14H20ClN3O/c1-3-8-16-13(12-7-10-19-14(12)15)5-4-11-6-9-17-18(11)2/h6-7,9-10,13,16H,3-5,8H2,1-2H3. The summed E-state index contributed by atoms with van der Waals surface area (Å²) in [6, 6.07) is 4.22. The molecule has 2 aromatic rings. The van der Waals surface area contributed by atoms with Crippen molar-refractivity contribution in [3.05, 3.63) is 41.1 Å². The lowest BCUT2D eigenvalue weighted by molar-refractivity contribution is 0.483. The molecule has 0 bridgehead atoms. The van der Waals surface area contributed by atoms with Crippen molar-refractivity contribution >= 4 is 11.6 Å². The predicted octanol–water partition coefficient (Wildman–Crippen LogP) is 3.34. The minimum Gasteiger partial charge on any atom is -0.453 e. The monoisotopic (exact) mass is 281 g/mol. The molecule has 0 amide bonds. The number of halogens is 1. The van der Waals surface area contributed by atoms with E-state index in [4.69, 9.17) is 16.0 Å². The van der Waals surface area contributed by atoms with Gasteiger partial charge in [0.25, 0.3) is 0 Å². The smallest absolute Gasteiger partial charge is 0.197 e. The van der Waals surface area contributed by atoms with Gasteiger partial charge in [-0.25, -0.2) is 0 Å². The van der Waals surface area contributed by atoms with Crippen LogP contribution in [0.25, 0.3) is 0 Å². The van der Waals surface area contributed by atoms with E-state index in [9.17, 15) is 0 Å². The SMILES string of the molecule is CCCNC(CCc1ccnn1C)c1ccoc1Cl. The van der Waals surface area contributed by atoms with Gasteiger partial charge < -0.3 is 9.73 Å². The first kappa shape index (κ1) is 14.2. The molecule has 0 spiro atoms. The van der Waals surface area contributed by atoms with Gasteiger partial charge in [-0.2, -0.15) is 5.10 Å². The maximum absolute atomic E-state index is 6.08. The maximum atomic E-state index is 6.08. The van der Waals surface area contributed by atoms with Gasteiger partial charge in [0, 0.05) is 30.5 Å². The fourth-order valence-corrected chi connectivity index (χ4v) is 2.42. The zero-order valence-electron chi connectivity index (χ0n) is 11.4. The van der Waals surface area contributed by atoms with Crippen molar-refractivity contribution in [3.8, 4) is 0 Å². The molecular weight excluding hydrogens is 262 g/mol. The van der Waals surface area contributed by atoms with Gasteiger partial charge in [0.2, 0.25) is 0 Å². The zero-order chi connectivity index (χ0) is 13.7. The Hall–Kier alpha value is -1.26. The average Bonchev–Trinajstić information content (AvgIpc) is 2.99. The van der Waals surface area contributed by atoms with Crippen molar-refractivity contribution < 1.29 is 4.42 Å². The number of aromatic nitrogens is 2. The molecule has 1 atom stereocenters. The van der Waals surface area contributed by atoms with E-state index in [1.54, 1.807) is 6.26 Å². The van der Waals surface area contributed by atoms with Crippen molar-refractivity contribution in [2.75, 3.05) is 6.54 Å². The third kappa shape index (κ3) is 3.61. The minimum atomic E-state index is 0.223. The van der Waals surface area contributed by atoms with E-state index in [-0.39, 0.29) is 6.04 Å². The van der Waals surface area contributed by atoms with Crippen LogP contribution in [0, 0.1) is 0 Å². The highest BCUT2D eigenvalue weighted by atomic mass is 35.5. The van der Waals surface area contributed by atoms with Crippen LogP contribution in [0.1, 0.15) is 37.1 Å². The van der Waals surface area contributed by atoms with Crippen molar-refractivity contribution in [1.82, 2.24) is 15.1 Å². The molecule has 0 radical (unpaired) electrons. The third-order valence-corrected chi connectivity index (χ3v) is 3.58. The van der Waals surface area contributed by atoms with Gasteiger partial charge in [-0.3, -0.25) is 4.68 Å². The molecule has 0 aliphatic rings. The summed E-state index contributed by atoms with van der Waals surface area (Å²) >= 11 is 6.08. The molecule has 1 N–H and O–H groups in total. The molecule has 0 saturated carbocycles. The lowest BCUT2D eigenvalue weighted by Gasteiger charge is -2.17. The molecule has 19 heavy (non-hydrogen) atoms. The van der Waals surface area contributed by atoms with Gasteiger partial charge in [-0.1, -0.05) is 6.92 Å². The van der Waals surface area contributed by atoms with Gasteiger partial charge in [0.05, 0.1) is 6.26 Å². The van der Waals surface area contributed by atoms with Crippen LogP contribution in [-0.4, -0.2) is 16.3 Å². The summed E-state index contributed by atoms with van der Waals surface area (Å²) < 4.78 is 7.10.